The summed E-state index contributed by atoms with van der Waals surface area (Å²) >= 11 is 5.92. The molecule has 1 unspecified atom stereocenters. The Hall–Kier alpha value is -0.870. The monoisotopic (exact) mass is 241 g/mol. The molecule has 2 rings (SSSR count). The highest BCUT2D eigenvalue weighted by Gasteiger charge is 2.28. The maximum absolute atomic E-state index is 5.92. The van der Waals surface area contributed by atoms with Crippen LogP contribution in [0.3, 0.4) is 0 Å². The van der Waals surface area contributed by atoms with E-state index in [-0.39, 0.29) is 0 Å². The topological polar surface area (TPSA) is 47.0 Å². The van der Waals surface area contributed by atoms with Crippen LogP contribution in [0.4, 0.5) is 5.82 Å². The summed E-state index contributed by atoms with van der Waals surface area (Å²) < 4.78 is 4.99. The van der Waals surface area contributed by atoms with Gasteiger partial charge in [0.2, 0.25) is 0 Å². The van der Waals surface area contributed by atoms with Crippen LogP contribution < -0.4 is 5.32 Å². The first-order chi connectivity index (χ1) is 7.69. The first kappa shape index (κ1) is 11.6. The van der Waals surface area contributed by atoms with Crippen molar-refractivity contribution in [3.05, 3.63) is 17.0 Å². The number of ether oxygens (including phenoxy) is 1. The molecule has 1 N–H and O–H groups in total. The van der Waals surface area contributed by atoms with Crippen molar-refractivity contribution < 1.29 is 4.74 Å². The zero-order valence-corrected chi connectivity index (χ0v) is 10.3. The third kappa shape index (κ3) is 3.06. The minimum Gasteiger partial charge on any atom is -0.377 e. The number of hydrogen-bond acceptors (Lipinski definition) is 4. The minimum absolute atomic E-state index is 0.382. The second-order valence-electron chi connectivity index (χ2n) is 4.20. The van der Waals surface area contributed by atoms with Gasteiger partial charge in [0, 0.05) is 19.2 Å². The van der Waals surface area contributed by atoms with Crippen LogP contribution in [0, 0.1) is 5.92 Å². The summed E-state index contributed by atoms with van der Waals surface area (Å²) in [6.45, 7) is 2.55. The second kappa shape index (κ2) is 4.97. The summed E-state index contributed by atoms with van der Waals surface area (Å²) in [7, 11) is 1.62. The molecule has 0 bridgehead atoms. The molecule has 0 spiro atoms. The van der Waals surface area contributed by atoms with E-state index in [0.717, 1.165) is 11.7 Å². The lowest BCUT2D eigenvalue weighted by Crippen LogP contribution is -2.18. The molecule has 1 aliphatic carbocycles. The Morgan fingerprint density at radius 3 is 2.94 bits per heavy atom. The molecule has 0 aliphatic heterocycles. The van der Waals surface area contributed by atoms with Gasteiger partial charge in [0.15, 0.2) is 5.82 Å². The van der Waals surface area contributed by atoms with Gasteiger partial charge in [-0.25, -0.2) is 9.97 Å². The van der Waals surface area contributed by atoms with E-state index in [0.29, 0.717) is 23.6 Å². The maximum atomic E-state index is 5.92. The van der Waals surface area contributed by atoms with Gasteiger partial charge in [-0.15, -0.1) is 0 Å². The van der Waals surface area contributed by atoms with Crippen molar-refractivity contribution in [2.45, 2.75) is 32.4 Å². The number of anilines is 1. The Morgan fingerprint density at radius 2 is 2.31 bits per heavy atom. The predicted molar refractivity (Wildman–Crippen MR) is 63.6 cm³/mol. The summed E-state index contributed by atoms with van der Waals surface area (Å²) in [5, 5.41) is 3.80. The molecule has 1 fully saturated rings. The minimum atomic E-state index is 0.382. The van der Waals surface area contributed by atoms with Crippen molar-refractivity contribution in [3.8, 4) is 0 Å². The Balaban J connectivity index is 2.06. The highest BCUT2D eigenvalue weighted by molar-refractivity contribution is 6.29. The van der Waals surface area contributed by atoms with Crippen molar-refractivity contribution in [2.75, 3.05) is 12.4 Å². The highest BCUT2D eigenvalue weighted by atomic mass is 35.5. The van der Waals surface area contributed by atoms with E-state index in [9.17, 15) is 0 Å². The smallest absolute Gasteiger partial charge is 0.158 e. The van der Waals surface area contributed by atoms with Crippen molar-refractivity contribution in [1.29, 1.82) is 0 Å². The largest absolute Gasteiger partial charge is 0.377 e. The van der Waals surface area contributed by atoms with E-state index in [4.69, 9.17) is 16.3 Å². The number of nitrogens with zero attached hydrogens (tertiary/aromatic N) is 2. The van der Waals surface area contributed by atoms with Crippen LogP contribution in [0.1, 0.15) is 25.6 Å². The Kier molecular flexibility index (Phi) is 3.61. The molecule has 16 heavy (non-hydrogen) atoms. The Morgan fingerprint density at radius 1 is 1.56 bits per heavy atom. The molecule has 0 aromatic carbocycles. The van der Waals surface area contributed by atoms with Crippen LogP contribution in [0.5, 0.6) is 0 Å². The van der Waals surface area contributed by atoms with E-state index in [1.807, 2.05) is 0 Å². The van der Waals surface area contributed by atoms with Gasteiger partial charge < -0.3 is 10.1 Å². The Labute approximate surface area is 100 Å². The molecule has 4 nitrogen and oxygen atoms in total. The van der Waals surface area contributed by atoms with Crippen LogP contribution in [-0.4, -0.2) is 23.1 Å². The summed E-state index contributed by atoms with van der Waals surface area (Å²) in [5.74, 6) is 2.17. The average Bonchev–Trinajstić information content (AvgIpc) is 2.99. The molecule has 1 saturated carbocycles. The lowest BCUT2D eigenvalue weighted by Gasteiger charge is -2.14. The zero-order valence-electron chi connectivity index (χ0n) is 9.53. The molecule has 1 aliphatic rings. The van der Waals surface area contributed by atoms with E-state index in [1.165, 1.54) is 12.8 Å². The van der Waals surface area contributed by atoms with Crippen molar-refractivity contribution >= 4 is 17.4 Å². The number of rotatable bonds is 5. The number of hydrogen-bond donors (Lipinski definition) is 1. The molecular formula is C11H16ClN3O. The molecular weight excluding hydrogens is 226 g/mol. The highest BCUT2D eigenvalue weighted by Crippen LogP contribution is 2.33. The lowest BCUT2D eigenvalue weighted by molar-refractivity contribution is 0.178. The van der Waals surface area contributed by atoms with E-state index < -0.39 is 0 Å². The summed E-state index contributed by atoms with van der Waals surface area (Å²) in [6.07, 6.45) is 2.61. The summed E-state index contributed by atoms with van der Waals surface area (Å²) in [5.41, 5.74) is 0. The Bertz CT molecular complexity index is 368. The van der Waals surface area contributed by atoms with Crippen molar-refractivity contribution in [3.63, 3.8) is 0 Å². The number of halogens is 1. The summed E-state index contributed by atoms with van der Waals surface area (Å²) in [6, 6.07) is 2.20. The number of nitrogens with one attached hydrogen (secondary N) is 1. The fourth-order valence-corrected chi connectivity index (χ4v) is 1.88. The molecule has 1 heterocycles. The lowest BCUT2D eigenvalue weighted by atomic mass is 10.2. The third-order valence-electron chi connectivity index (χ3n) is 2.72. The molecule has 5 heteroatoms. The van der Waals surface area contributed by atoms with Gasteiger partial charge in [0.05, 0.1) is 0 Å². The molecule has 88 valence electrons. The molecule has 0 saturated heterocycles. The number of aromatic nitrogens is 2. The maximum Gasteiger partial charge on any atom is 0.158 e. The quantitative estimate of drug-likeness (QED) is 0.805. The first-order valence-electron chi connectivity index (χ1n) is 5.48. The van der Waals surface area contributed by atoms with Gasteiger partial charge in [0.25, 0.3) is 0 Å². The van der Waals surface area contributed by atoms with Gasteiger partial charge in [0.1, 0.15) is 17.6 Å². The van der Waals surface area contributed by atoms with Crippen LogP contribution in [0.25, 0.3) is 0 Å². The standard InChI is InChI=1S/C11H16ClN3O/c1-7(8-3-4-8)13-10-5-9(12)14-11(15-10)6-16-2/h5,7-8H,3-4,6H2,1-2H3,(H,13,14,15). The summed E-state index contributed by atoms with van der Waals surface area (Å²) in [4.78, 5) is 8.42. The van der Waals surface area contributed by atoms with Gasteiger partial charge in [-0.1, -0.05) is 11.6 Å². The van der Waals surface area contributed by atoms with Crippen LogP contribution in [0.15, 0.2) is 6.07 Å². The van der Waals surface area contributed by atoms with Crippen LogP contribution in [-0.2, 0) is 11.3 Å². The van der Waals surface area contributed by atoms with Crippen LogP contribution in [0.2, 0.25) is 5.15 Å². The fraction of sp³-hybridized carbons (Fsp3) is 0.636. The van der Waals surface area contributed by atoms with Gasteiger partial charge in [-0.2, -0.15) is 0 Å². The first-order valence-corrected chi connectivity index (χ1v) is 5.86. The fourth-order valence-electron chi connectivity index (χ4n) is 1.68. The third-order valence-corrected chi connectivity index (χ3v) is 2.91. The SMILES string of the molecule is COCc1nc(Cl)cc(NC(C)C2CC2)n1. The van der Waals surface area contributed by atoms with Crippen LogP contribution >= 0.6 is 11.6 Å². The molecule has 1 aromatic rings. The predicted octanol–water partition coefficient (Wildman–Crippen LogP) is 2.49. The number of methoxy groups -OCH3 is 1. The molecule has 1 atom stereocenters. The van der Waals surface area contributed by atoms with Gasteiger partial charge >= 0.3 is 0 Å². The zero-order chi connectivity index (χ0) is 11.5. The molecule has 0 radical (unpaired) electrons. The van der Waals surface area contributed by atoms with Gasteiger partial charge in [-0.05, 0) is 25.7 Å². The molecule has 1 aromatic heterocycles. The van der Waals surface area contributed by atoms with Gasteiger partial charge in [-0.3, -0.25) is 0 Å². The van der Waals surface area contributed by atoms with E-state index in [1.54, 1.807) is 13.2 Å². The van der Waals surface area contributed by atoms with E-state index >= 15 is 0 Å². The second-order valence-corrected chi connectivity index (χ2v) is 4.58. The molecule has 0 amide bonds. The average molecular weight is 242 g/mol. The van der Waals surface area contributed by atoms with Crippen molar-refractivity contribution in [2.24, 2.45) is 5.92 Å². The van der Waals surface area contributed by atoms with E-state index in [2.05, 4.69) is 22.2 Å². The van der Waals surface area contributed by atoms with Crippen molar-refractivity contribution in [1.82, 2.24) is 9.97 Å². The normalized spacial score (nSPS) is 17.2.